The van der Waals surface area contributed by atoms with E-state index in [4.69, 9.17) is 0 Å². The zero-order chi connectivity index (χ0) is 10.5. The third kappa shape index (κ3) is 4.36. The van der Waals surface area contributed by atoms with Gasteiger partial charge in [0, 0.05) is 6.04 Å². The summed E-state index contributed by atoms with van der Waals surface area (Å²) in [5, 5.41) is 3.69. The van der Waals surface area contributed by atoms with Gasteiger partial charge in [0.1, 0.15) is 0 Å². The van der Waals surface area contributed by atoms with E-state index in [0.29, 0.717) is 0 Å². The van der Waals surface area contributed by atoms with Crippen LogP contribution in [0.2, 0.25) is 0 Å². The van der Waals surface area contributed by atoms with E-state index in [9.17, 15) is 0 Å². The molecule has 0 aromatic heterocycles. The van der Waals surface area contributed by atoms with Crippen LogP contribution < -0.4 is 5.32 Å². The molecule has 0 bridgehead atoms. The van der Waals surface area contributed by atoms with E-state index in [-0.39, 0.29) is 0 Å². The van der Waals surface area contributed by atoms with Crippen LogP contribution in [0, 0.1) is 11.8 Å². The molecule has 1 aliphatic heterocycles. The highest BCUT2D eigenvalue weighted by Gasteiger charge is 2.27. The Labute approximate surface area is 98.8 Å². The van der Waals surface area contributed by atoms with Crippen molar-refractivity contribution >= 4 is 11.8 Å². The van der Waals surface area contributed by atoms with E-state index >= 15 is 0 Å². The van der Waals surface area contributed by atoms with E-state index in [2.05, 4.69) is 24.0 Å². The first kappa shape index (κ1) is 11.8. The number of rotatable bonds is 6. The smallest absolute Gasteiger partial charge is 0.00722 e. The highest BCUT2D eigenvalue weighted by atomic mass is 32.2. The molecule has 2 heteroatoms. The fraction of sp³-hybridized carbons (Fsp3) is 1.00. The molecular weight excluding hydrogens is 202 g/mol. The first-order chi connectivity index (χ1) is 7.38. The molecule has 1 nitrogen and oxygen atoms in total. The molecule has 88 valence electrons. The predicted octanol–water partition coefficient (Wildman–Crippen LogP) is 3.30. The van der Waals surface area contributed by atoms with Crippen LogP contribution in [0.5, 0.6) is 0 Å². The van der Waals surface area contributed by atoms with Crippen molar-refractivity contribution in [3.05, 3.63) is 0 Å². The lowest BCUT2D eigenvalue weighted by Gasteiger charge is -2.26. The zero-order valence-corrected chi connectivity index (χ0v) is 10.8. The maximum absolute atomic E-state index is 3.69. The molecule has 1 heterocycles. The normalized spacial score (nSPS) is 25.4. The standard InChI is InChI=1S/C13H25NS/c1-2-14-13(9-11-3-4-11)10-12-5-7-15-8-6-12/h11-14H,2-10H2,1H3. The summed E-state index contributed by atoms with van der Waals surface area (Å²) < 4.78 is 0. The molecule has 0 amide bonds. The Balaban J connectivity index is 1.70. The number of hydrogen-bond donors (Lipinski definition) is 1. The summed E-state index contributed by atoms with van der Waals surface area (Å²) in [6.07, 6.45) is 8.85. The van der Waals surface area contributed by atoms with Gasteiger partial charge in [-0.1, -0.05) is 19.8 Å². The second kappa shape index (κ2) is 6.15. The molecule has 15 heavy (non-hydrogen) atoms. The van der Waals surface area contributed by atoms with E-state index in [1.807, 2.05) is 0 Å². The number of thioether (sulfide) groups is 1. The largest absolute Gasteiger partial charge is 0.314 e. The van der Waals surface area contributed by atoms with Gasteiger partial charge in [-0.3, -0.25) is 0 Å². The molecule has 1 N–H and O–H groups in total. The predicted molar refractivity (Wildman–Crippen MR) is 69.5 cm³/mol. The average molecular weight is 227 g/mol. The summed E-state index contributed by atoms with van der Waals surface area (Å²) in [6.45, 7) is 3.40. The SMILES string of the molecule is CCNC(CC1CCSCC1)CC1CC1. The monoisotopic (exact) mass is 227 g/mol. The van der Waals surface area contributed by atoms with Crippen molar-refractivity contribution in [1.82, 2.24) is 5.32 Å². The van der Waals surface area contributed by atoms with E-state index in [1.165, 1.54) is 50.0 Å². The minimum absolute atomic E-state index is 0.829. The fourth-order valence-corrected chi connectivity index (χ4v) is 3.90. The Morgan fingerprint density at radius 3 is 2.20 bits per heavy atom. The summed E-state index contributed by atoms with van der Waals surface area (Å²) in [4.78, 5) is 0. The van der Waals surface area contributed by atoms with Crippen LogP contribution in [-0.2, 0) is 0 Å². The minimum atomic E-state index is 0.829. The molecule has 0 radical (unpaired) electrons. The van der Waals surface area contributed by atoms with Crippen molar-refractivity contribution in [2.24, 2.45) is 11.8 Å². The van der Waals surface area contributed by atoms with Gasteiger partial charge in [-0.15, -0.1) is 0 Å². The van der Waals surface area contributed by atoms with E-state index < -0.39 is 0 Å². The molecular formula is C13H25NS. The topological polar surface area (TPSA) is 12.0 Å². The first-order valence-corrected chi connectivity index (χ1v) is 7.85. The average Bonchev–Trinajstić information content (AvgIpc) is 3.03. The van der Waals surface area contributed by atoms with Crippen molar-refractivity contribution in [2.75, 3.05) is 18.1 Å². The van der Waals surface area contributed by atoms with Gasteiger partial charge in [0.05, 0.1) is 0 Å². The van der Waals surface area contributed by atoms with E-state index in [1.54, 1.807) is 0 Å². The molecule has 2 aliphatic rings. The lowest BCUT2D eigenvalue weighted by Crippen LogP contribution is -2.32. The Morgan fingerprint density at radius 2 is 1.67 bits per heavy atom. The summed E-state index contributed by atoms with van der Waals surface area (Å²) in [5.74, 6) is 4.92. The van der Waals surface area contributed by atoms with Crippen molar-refractivity contribution in [1.29, 1.82) is 0 Å². The van der Waals surface area contributed by atoms with Crippen LogP contribution in [0.15, 0.2) is 0 Å². The van der Waals surface area contributed by atoms with Crippen LogP contribution in [0.25, 0.3) is 0 Å². The van der Waals surface area contributed by atoms with Gasteiger partial charge in [-0.2, -0.15) is 11.8 Å². The lowest BCUT2D eigenvalue weighted by molar-refractivity contribution is 0.345. The third-order valence-corrected chi connectivity index (χ3v) is 4.82. The third-order valence-electron chi connectivity index (χ3n) is 3.77. The van der Waals surface area contributed by atoms with Gasteiger partial charge < -0.3 is 5.32 Å². The molecule has 2 rings (SSSR count). The van der Waals surface area contributed by atoms with Crippen LogP contribution in [0.1, 0.15) is 45.4 Å². The molecule has 1 aliphatic carbocycles. The van der Waals surface area contributed by atoms with Gasteiger partial charge >= 0.3 is 0 Å². The summed E-state index contributed by atoms with van der Waals surface area (Å²) in [6, 6.07) is 0.829. The molecule has 1 saturated heterocycles. The Morgan fingerprint density at radius 1 is 1.07 bits per heavy atom. The Kier molecular flexibility index (Phi) is 4.83. The maximum atomic E-state index is 3.69. The van der Waals surface area contributed by atoms with Crippen LogP contribution >= 0.6 is 11.8 Å². The highest BCUT2D eigenvalue weighted by Crippen LogP contribution is 2.36. The van der Waals surface area contributed by atoms with Crippen molar-refractivity contribution in [3.63, 3.8) is 0 Å². The summed E-state index contributed by atoms with van der Waals surface area (Å²) >= 11 is 2.14. The van der Waals surface area contributed by atoms with Gasteiger partial charge in [0.2, 0.25) is 0 Å². The number of hydrogen-bond acceptors (Lipinski definition) is 2. The van der Waals surface area contributed by atoms with Crippen molar-refractivity contribution in [2.45, 2.75) is 51.5 Å². The van der Waals surface area contributed by atoms with E-state index in [0.717, 1.165) is 24.4 Å². The molecule has 1 saturated carbocycles. The molecule has 1 unspecified atom stereocenters. The fourth-order valence-electron chi connectivity index (χ4n) is 2.69. The zero-order valence-electron chi connectivity index (χ0n) is 10.0. The van der Waals surface area contributed by atoms with Crippen molar-refractivity contribution in [3.8, 4) is 0 Å². The van der Waals surface area contributed by atoms with Crippen LogP contribution in [0.4, 0.5) is 0 Å². The van der Waals surface area contributed by atoms with Gasteiger partial charge in [0.25, 0.3) is 0 Å². The van der Waals surface area contributed by atoms with Gasteiger partial charge in [0.15, 0.2) is 0 Å². The Bertz CT molecular complexity index is 173. The molecule has 2 fully saturated rings. The summed E-state index contributed by atoms with van der Waals surface area (Å²) in [7, 11) is 0. The quantitative estimate of drug-likeness (QED) is 0.747. The first-order valence-electron chi connectivity index (χ1n) is 6.69. The van der Waals surface area contributed by atoms with Gasteiger partial charge in [-0.25, -0.2) is 0 Å². The molecule has 0 aromatic rings. The highest BCUT2D eigenvalue weighted by molar-refractivity contribution is 7.99. The van der Waals surface area contributed by atoms with Crippen LogP contribution in [-0.4, -0.2) is 24.1 Å². The van der Waals surface area contributed by atoms with Gasteiger partial charge in [-0.05, 0) is 55.6 Å². The lowest BCUT2D eigenvalue weighted by atomic mass is 9.92. The number of nitrogens with one attached hydrogen (secondary N) is 1. The molecule has 0 spiro atoms. The molecule has 1 atom stereocenters. The Hall–Kier alpha value is 0.310. The maximum Gasteiger partial charge on any atom is 0.00722 e. The second-order valence-corrected chi connectivity index (χ2v) is 6.45. The summed E-state index contributed by atoms with van der Waals surface area (Å²) in [5.41, 5.74) is 0. The molecule has 0 aromatic carbocycles. The van der Waals surface area contributed by atoms with Crippen molar-refractivity contribution < 1.29 is 0 Å². The van der Waals surface area contributed by atoms with Crippen LogP contribution in [0.3, 0.4) is 0 Å². The second-order valence-electron chi connectivity index (χ2n) is 5.23. The minimum Gasteiger partial charge on any atom is -0.314 e.